The van der Waals surface area contributed by atoms with E-state index in [0.717, 1.165) is 24.7 Å². The van der Waals surface area contributed by atoms with Gasteiger partial charge in [-0.15, -0.1) is 0 Å². The molecule has 0 amide bonds. The van der Waals surface area contributed by atoms with Crippen LogP contribution >= 0.6 is 12.2 Å². The van der Waals surface area contributed by atoms with Gasteiger partial charge in [-0.25, -0.2) is 0 Å². The number of hydrogen-bond donors (Lipinski definition) is 1. The second-order valence-electron chi connectivity index (χ2n) is 7.11. The van der Waals surface area contributed by atoms with E-state index >= 15 is 0 Å². The molecule has 2 aliphatic rings. The van der Waals surface area contributed by atoms with Crippen LogP contribution in [0.15, 0.2) is 24.3 Å². The molecular formula is C19H29N3S. The van der Waals surface area contributed by atoms with Gasteiger partial charge in [-0.2, -0.15) is 0 Å². The van der Waals surface area contributed by atoms with Crippen LogP contribution < -0.4 is 10.2 Å². The maximum Gasteiger partial charge on any atom is 0.169 e. The molecule has 1 aromatic rings. The Bertz CT molecular complexity index is 522. The molecule has 1 aliphatic carbocycles. The van der Waals surface area contributed by atoms with Gasteiger partial charge in [-0.1, -0.05) is 37.0 Å². The highest BCUT2D eigenvalue weighted by atomic mass is 32.1. The highest BCUT2D eigenvalue weighted by molar-refractivity contribution is 7.80. The molecule has 1 aliphatic heterocycles. The first-order chi connectivity index (χ1) is 11.1. The number of hydrogen-bond acceptors (Lipinski definition) is 2. The molecule has 2 fully saturated rings. The monoisotopic (exact) mass is 331 g/mol. The fourth-order valence-corrected chi connectivity index (χ4v) is 4.11. The molecule has 0 spiro atoms. The fourth-order valence-electron chi connectivity index (χ4n) is 3.77. The summed E-state index contributed by atoms with van der Waals surface area (Å²) in [6, 6.07) is 9.95. The van der Waals surface area contributed by atoms with E-state index in [9.17, 15) is 0 Å². The van der Waals surface area contributed by atoms with E-state index in [-0.39, 0.29) is 0 Å². The Kier molecular flexibility index (Phi) is 5.42. The lowest BCUT2D eigenvalue weighted by molar-refractivity contribution is 0.321. The smallest absolute Gasteiger partial charge is 0.169 e. The van der Waals surface area contributed by atoms with Crippen molar-refractivity contribution in [3.63, 3.8) is 0 Å². The lowest BCUT2D eigenvalue weighted by atomic mass is 9.96. The summed E-state index contributed by atoms with van der Waals surface area (Å²) >= 11 is 5.68. The van der Waals surface area contributed by atoms with Crippen molar-refractivity contribution in [1.82, 2.24) is 10.2 Å². The van der Waals surface area contributed by atoms with Gasteiger partial charge >= 0.3 is 0 Å². The van der Waals surface area contributed by atoms with Crippen molar-refractivity contribution < 1.29 is 0 Å². The van der Waals surface area contributed by atoms with Gasteiger partial charge in [-0.3, -0.25) is 0 Å². The summed E-state index contributed by atoms with van der Waals surface area (Å²) in [5.41, 5.74) is 2.65. The minimum Gasteiger partial charge on any atom is -0.365 e. The molecule has 1 atom stereocenters. The molecule has 1 saturated heterocycles. The maximum absolute atomic E-state index is 5.68. The van der Waals surface area contributed by atoms with Crippen LogP contribution in [0.3, 0.4) is 0 Å². The first-order valence-corrected chi connectivity index (χ1v) is 9.43. The maximum atomic E-state index is 5.68. The molecule has 3 rings (SSSR count). The minimum absolute atomic E-state index is 0.484. The highest BCUT2D eigenvalue weighted by Gasteiger charge is 2.26. The van der Waals surface area contributed by atoms with E-state index < -0.39 is 0 Å². The van der Waals surface area contributed by atoms with Gasteiger partial charge in [0.25, 0.3) is 0 Å². The summed E-state index contributed by atoms with van der Waals surface area (Å²) in [5.74, 6) is 0. The number of aryl methyl sites for hydroxylation is 1. The predicted molar refractivity (Wildman–Crippen MR) is 102 cm³/mol. The molecule has 23 heavy (non-hydrogen) atoms. The molecule has 0 unspecified atom stereocenters. The Morgan fingerprint density at radius 2 is 1.78 bits per heavy atom. The normalized spacial score (nSPS) is 23.0. The number of rotatable bonds is 2. The lowest BCUT2D eigenvalue weighted by Crippen LogP contribution is -2.57. The highest BCUT2D eigenvalue weighted by Crippen LogP contribution is 2.22. The lowest BCUT2D eigenvalue weighted by Gasteiger charge is -2.43. The average Bonchev–Trinajstić information content (AvgIpc) is 2.57. The van der Waals surface area contributed by atoms with Crippen LogP contribution in [0.4, 0.5) is 5.69 Å². The molecule has 3 nitrogen and oxygen atoms in total. The van der Waals surface area contributed by atoms with Crippen LogP contribution in [0.5, 0.6) is 0 Å². The van der Waals surface area contributed by atoms with Crippen LogP contribution in [0.25, 0.3) is 0 Å². The Morgan fingerprint density at radius 1 is 1.09 bits per heavy atom. The van der Waals surface area contributed by atoms with Gasteiger partial charge in [0.1, 0.15) is 0 Å². The van der Waals surface area contributed by atoms with Gasteiger partial charge in [0.15, 0.2) is 5.11 Å². The topological polar surface area (TPSA) is 18.5 Å². The summed E-state index contributed by atoms with van der Waals surface area (Å²) in [4.78, 5) is 4.86. The number of thiocarbonyl (C=S) groups is 1. The molecule has 1 saturated carbocycles. The molecule has 1 aromatic carbocycles. The van der Waals surface area contributed by atoms with E-state index in [4.69, 9.17) is 12.2 Å². The third kappa shape index (κ3) is 4.17. The molecule has 1 heterocycles. The van der Waals surface area contributed by atoms with E-state index in [1.165, 1.54) is 43.4 Å². The number of benzene rings is 1. The van der Waals surface area contributed by atoms with E-state index in [0.29, 0.717) is 12.1 Å². The largest absolute Gasteiger partial charge is 0.365 e. The van der Waals surface area contributed by atoms with Crippen molar-refractivity contribution in [2.45, 2.75) is 58.0 Å². The van der Waals surface area contributed by atoms with E-state index in [2.05, 4.69) is 53.2 Å². The molecule has 4 heteroatoms. The SMILES string of the molecule is Cc1ccc(N2CCN(C(=S)NC3CCCCC3)C[C@H]2C)cc1. The molecule has 1 N–H and O–H groups in total. The van der Waals surface area contributed by atoms with Crippen LogP contribution in [0, 0.1) is 6.92 Å². The Labute approximate surface area is 146 Å². The van der Waals surface area contributed by atoms with Gasteiger partial charge < -0.3 is 15.1 Å². The third-order valence-electron chi connectivity index (χ3n) is 5.21. The van der Waals surface area contributed by atoms with Crippen LogP contribution in [0.2, 0.25) is 0 Å². The third-order valence-corrected chi connectivity index (χ3v) is 5.59. The van der Waals surface area contributed by atoms with E-state index in [1.807, 2.05) is 0 Å². The van der Waals surface area contributed by atoms with Crippen LogP contribution in [-0.2, 0) is 0 Å². The second kappa shape index (κ2) is 7.52. The van der Waals surface area contributed by atoms with E-state index in [1.54, 1.807) is 0 Å². The zero-order valence-corrected chi connectivity index (χ0v) is 15.2. The quantitative estimate of drug-likeness (QED) is 0.832. The summed E-state index contributed by atoms with van der Waals surface area (Å²) in [7, 11) is 0. The van der Waals surface area contributed by atoms with Crippen molar-refractivity contribution >= 4 is 23.0 Å². The molecule has 0 radical (unpaired) electrons. The van der Waals surface area contributed by atoms with Crippen molar-refractivity contribution in [2.75, 3.05) is 24.5 Å². The Balaban J connectivity index is 1.55. The van der Waals surface area contributed by atoms with Gasteiger partial charge in [0, 0.05) is 37.4 Å². The fraction of sp³-hybridized carbons (Fsp3) is 0.632. The molecule has 0 aromatic heterocycles. The number of piperazine rings is 1. The van der Waals surface area contributed by atoms with Crippen molar-refractivity contribution in [2.24, 2.45) is 0 Å². The first kappa shape index (κ1) is 16.6. The van der Waals surface area contributed by atoms with Crippen molar-refractivity contribution in [3.8, 4) is 0 Å². The predicted octanol–water partition coefficient (Wildman–Crippen LogP) is 3.71. The number of anilines is 1. The minimum atomic E-state index is 0.484. The summed E-state index contributed by atoms with van der Waals surface area (Å²) in [6.07, 6.45) is 6.63. The summed E-state index contributed by atoms with van der Waals surface area (Å²) in [5, 5.41) is 4.58. The van der Waals surface area contributed by atoms with Crippen LogP contribution in [-0.4, -0.2) is 41.7 Å². The summed E-state index contributed by atoms with van der Waals surface area (Å²) < 4.78 is 0. The molecule has 126 valence electrons. The summed E-state index contributed by atoms with van der Waals surface area (Å²) in [6.45, 7) is 7.50. The van der Waals surface area contributed by atoms with Crippen molar-refractivity contribution in [3.05, 3.63) is 29.8 Å². The van der Waals surface area contributed by atoms with Crippen molar-refractivity contribution in [1.29, 1.82) is 0 Å². The van der Waals surface area contributed by atoms with Crippen LogP contribution in [0.1, 0.15) is 44.6 Å². The van der Waals surface area contributed by atoms with Gasteiger partial charge in [-0.05, 0) is 51.0 Å². The number of nitrogens with one attached hydrogen (secondary N) is 1. The molecule has 0 bridgehead atoms. The second-order valence-corrected chi connectivity index (χ2v) is 7.50. The zero-order valence-electron chi connectivity index (χ0n) is 14.4. The van der Waals surface area contributed by atoms with Gasteiger partial charge in [0.2, 0.25) is 0 Å². The first-order valence-electron chi connectivity index (χ1n) is 9.02. The number of nitrogens with zero attached hydrogens (tertiary/aromatic N) is 2. The standard InChI is InChI=1S/C19H29N3S/c1-15-8-10-18(11-9-15)22-13-12-21(14-16(22)2)19(23)20-17-6-4-3-5-7-17/h8-11,16-17H,3-7,12-14H2,1-2H3,(H,20,23)/t16-/m1/s1. The Hall–Kier alpha value is -1.29. The Morgan fingerprint density at radius 3 is 2.43 bits per heavy atom. The molecular weight excluding hydrogens is 302 g/mol. The average molecular weight is 332 g/mol. The zero-order chi connectivity index (χ0) is 16.2. The van der Waals surface area contributed by atoms with Gasteiger partial charge in [0.05, 0.1) is 0 Å².